The van der Waals surface area contributed by atoms with E-state index in [-0.39, 0.29) is 12.3 Å². The molecule has 2 fully saturated rings. The van der Waals surface area contributed by atoms with Crippen LogP contribution in [0.25, 0.3) is 33.5 Å². The van der Waals surface area contributed by atoms with Gasteiger partial charge in [0, 0.05) is 36.9 Å². The van der Waals surface area contributed by atoms with Crippen LogP contribution in [0.15, 0.2) is 51.9 Å². The highest BCUT2D eigenvalue weighted by Gasteiger charge is 2.38. The van der Waals surface area contributed by atoms with Gasteiger partial charge >= 0.3 is 12.1 Å². The molecule has 2 unspecified atom stereocenters. The molecule has 14 heteroatoms. The lowest BCUT2D eigenvalue weighted by Crippen LogP contribution is -2.44. The van der Waals surface area contributed by atoms with Crippen molar-refractivity contribution in [3.8, 4) is 22.5 Å². The number of alkyl halides is 3. The molecule has 0 N–H and O–H groups in total. The molecule has 228 valence electrons. The first kappa shape index (κ1) is 29.5. The van der Waals surface area contributed by atoms with Gasteiger partial charge in [-0.3, -0.25) is 9.48 Å². The van der Waals surface area contributed by atoms with Gasteiger partial charge in [0.15, 0.2) is 0 Å². The molecule has 4 aromatic rings. The van der Waals surface area contributed by atoms with Crippen LogP contribution in [0.4, 0.5) is 19.0 Å². The number of rotatable bonds is 5. The summed E-state index contributed by atoms with van der Waals surface area (Å²) < 4.78 is 56.8. The van der Waals surface area contributed by atoms with Crippen LogP contribution in [0.1, 0.15) is 32.4 Å². The predicted molar refractivity (Wildman–Crippen MR) is 157 cm³/mol. The fraction of sp³-hybridized carbons (Fsp3) is 0.448. The maximum Gasteiger partial charge on any atom is 0.474 e. The highest BCUT2D eigenvalue weighted by Crippen LogP contribution is 2.37. The molecular weight excluding hydrogens is 583 g/mol. The van der Waals surface area contributed by atoms with Gasteiger partial charge in [-0.05, 0) is 62.3 Å². The average Bonchev–Trinajstić information content (AvgIpc) is 3.62. The predicted octanol–water partition coefficient (Wildman–Crippen LogP) is 5.30. The number of aryl methyl sites for hydroxylation is 1. The van der Waals surface area contributed by atoms with E-state index >= 15 is 0 Å². The van der Waals surface area contributed by atoms with Gasteiger partial charge in [-0.2, -0.15) is 27.7 Å². The molecule has 3 aromatic heterocycles. The van der Waals surface area contributed by atoms with Crippen molar-refractivity contribution in [1.29, 1.82) is 0 Å². The molecule has 2 aliphatic rings. The smallest absolute Gasteiger partial charge is 0.377 e. The zero-order chi connectivity index (χ0) is 30.3. The molecule has 2 aliphatic heterocycles. The summed E-state index contributed by atoms with van der Waals surface area (Å²) in [5.41, 5.74) is 4.50. The summed E-state index contributed by atoms with van der Waals surface area (Å²) in [5, 5.41) is 9.67. The second-order valence-electron chi connectivity index (χ2n) is 10.7. The van der Waals surface area contributed by atoms with Gasteiger partial charge in [-0.1, -0.05) is 22.8 Å². The molecule has 10 nitrogen and oxygen atoms in total. The Morgan fingerprint density at radius 3 is 2.60 bits per heavy atom. The van der Waals surface area contributed by atoms with Gasteiger partial charge in [0.2, 0.25) is 0 Å². The van der Waals surface area contributed by atoms with Crippen molar-refractivity contribution in [2.45, 2.75) is 49.5 Å². The average molecular weight is 616 g/mol. The Labute approximate surface area is 248 Å². The molecule has 6 rings (SSSR count). The minimum absolute atomic E-state index is 0.103. The molecule has 0 radical (unpaired) electrons. The van der Waals surface area contributed by atoms with Crippen LogP contribution in [-0.4, -0.2) is 75.3 Å². The molecule has 0 saturated carbocycles. The number of amides is 1. The first-order valence-corrected chi connectivity index (χ1v) is 15.7. The zero-order valence-electron chi connectivity index (χ0n) is 24.0. The van der Waals surface area contributed by atoms with E-state index < -0.39 is 22.8 Å². The number of morpholine rings is 1. The SMILES string of the molecule is C[C@@H]1COCCN1c1cc(-c2ccc(S(C)=NC(=O)C(F)(F)F)cc2)c2c(n1)c(-c1ccn(C3CCCCO3)n1)nn2C. The molecule has 1 amide bonds. The minimum Gasteiger partial charge on any atom is -0.377 e. The molecule has 2 saturated heterocycles. The number of hydrogen-bond donors (Lipinski definition) is 0. The van der Waals surface area contributed by atoms with E-state index in [9.17, 15) is 18.0 Å². The zero-order valence-corrected chi connectivity index (χ0v) is 24.9. The van der Waals surface area contributed by atoms with Crippen molar-refractivity contribution in [2.75, 3.05) is 37.5 Å². The summed E-state index contributed by atoms with van der Waals surface area (Å²) in [4.78, 5) is 19.3. The highest BCUT2D eigenvalue weighted by atomic mass is 32.2. The first-order chi connectivity index (χ1) is 20.6. The fourth-order valence-electron chi connectivity index (χ4n) is 5.49. The summed E-state index contributed by atoms with van der Waals surface area (Å²) in [5.74, 6) is -1.31. The maximum atomic E-state index is 12.8. The molecule has 0 aliphatic carbocycles. The summed E-state index contributed by atoms with van der Waals surface area (Å²) in [6.07, 6.45) is 1.34. The number of fused-ring (bicyclic) bond motifs is 1. The molecular formula is C29H32F3N7O3S. The van der Waals surface area contributed by atoms with Gasteiger partial charge in [-0.25, -0.2) is 9.67 Å². The fourth-order valence-corrected chi connectivity index (χ4v) is 6.48. The Kier molecular flexibility index (Phi) is 8.09. The molecule has 0 spiro atoms. The number of carbonyl (C=O) groups is 1. The number of carbonyl (C=O) groups excluding carboxylic acids is 1. The van der Waals surface area contributed by atoms with Crippen LogP contribution >= 0.6 is 0 Å². The first-order valence-electron chi connectivity index (χ1n) is 14.1. The van der Waals surface area contributed by atoms with Crippen LogP contribution in [0.5, 0.6) is 0 Å². The molecule has 3 atom stereocenters. The van der Waals surface area contributed by atoms with E-state index in [2.05, 4.69) is 16.2 Å². The standard InChI is InChI=1S/C29H32F3N7O3S/c1-18-17-41-15-13-38(18)23-16-21(19-7-9-20(10-8-19)43(3)36-28(40)29(30,31)32)27-26(33-23)25(35-37(27)2)22-11-12-39(34-22)24-6-4-5-14-42-24/h7-12,16,18,24H,4-6,13-15,17H2,1-3H3/t18-,24?,43?/m1/s1. The number of ether oxygens (including phenoxy) is 2. The van der Waals surface area contributed by atoms with Crippen LogP contribution in [-0.2, 0) is 32.0 Å². The third-order valence-corrected chi connectivity index (χ3v) is 9.10. The Bertz CT molecular complexity index is 1680. The quantitative estimate of drug-likeness (QED) is 0.300. The normalized spacial score (nSPS) is 20.6. The van der Waals surface area contributed by atoms with Gasteiger partial charge in [0.05, 0.1) is 24.8 Å². The largest absolute Gasteiger partial charge is 0.474 e. The van der Waals surface area contributed by atoms with E-state index in [1.807, 2.05) is 42.2 Å². The maximum absolute atomic E-state index is 12.8. The van der Waals surface area contributed by atoms with Gasteiger partial charge in [-0.15, -0.1) is 0 Å². The minimum atomic E-state index is -4.99. The molecule has 43 heavy (non-hydrogen) atoms. The van der Waals surface area contributed by atoms with Crippen LogP contribution in [0, 0.1) is 0 Å². The highest BCUT2D eigenvalue weighted by molar-refractivity contribution is 7.87. The van der Waals surface area contributed by atoms with Gasteiger partial charge in [0.1, 0.15) is 29.0 Å². The molecule has 1 aromatic carbocycles. The number of anilines is 1. The van der Waals surface area contributed by atoms with E-state index in [0.717, 1.165) is 41.7 Å². The number of halogens is 3. The van der Waals surface area contributed by atoms with E-state index in [1.165, 1.54) is 6.26 Å². The number of pyridine rings is 1. The topological polar surface area (TPSA) is 99.7 Å². The van der Waals surface area contributed by atoms with Crippen molar-refractivity contribution < 1.29 is 27.4 Å². The summed E-state index contributed by atoms with van der Waals surface area (Å²) in [7, 11) is 0.598. The third-order valence-electron chi connectivity index (χ3n) is 7.71. The Morgan fingerprint density at radius 2 is 1.91 bits per heavy atom. The van der Waals surface area contributed by atoms with Crippen molar-refractivity contribution in [2.24, 2.45) is 11.4 Å². The molecule has 5 heterocycles. The number of hydrogen-bond acceptors (Lipinski definition) is 7. The second kappa shape index (κ2) is 11.8. The van der Waals surface area contributed by atoms with Crippen molar-refractivity contribution in [1.82, 2.24) is 24.5 Å². The number of aromatic nitrogens is 5. The number of benzene rings is 1. The van der Waals surface area contributed by atoms with Gasteiger partial charge < -0.3 is 14.4 Å². The lowest BCUT2D eigenvalue weighted by Gasteiger charge is -2.34. The number of nitrogens with zero attached hydrogens (tertiary/aromatic N) is 7. The lowest BCUT2D eigenvalue weighted by atomic mass is 10.0. The van der Waals surface area contributed by atoms with Gasteiger partial charge in [0.25, 0.3) is 0 Å². The second-order valence-corrected chi connectivity index (χ2v) is 12.3. The van der Waals surface area contributed by atoms with Crippen LogP contribution in [0.2, 0.25) is 0 Å². The molecule has 0 bridgehead atoms. The van der Waals surface area contributed by atoms with Crippen molar-refractivity contribution >= 4 is 33.4 Å². The van der Waals surface area contributed by atoms with E-state index in [1.54, 1.807) is 16.8 Å². The monoisotopic (exact) mass is 615 g/mol. The third kappa shape index (κ3) is 5.95. The van der Waals surface area contributed by atoms with Crippen molar-refractivity contribution in [3.05, 3.63) is 42.6 Å². The van der Waals surface area contributed by atoms with E-state index in [0.29, 0.717) is 48.2 Å². The van der Waals surface area contributed by atoms with Crippen LogP contribution < -0.4 is 4.90 Å². The lowest BCUT2D eigenvalue weighted by molar-refractivity contribution is -0.169. The Balaban J connectivity index is 1.44. The summed E-state index contributed by atoms with van der Waals surface area (Å²) in [6.45, 7) is 4.63. The van der Waals surface area contributed by atoms with E-state index in [4.69, 9.17) is 24.7 Å². The summed E-state index contributed by atoms with van der Waals surface area (Å²) >= 11 is 0. The summed E-state index contributed by atoms with van der Waals surface area (Å²) in [6, 6.07) is 11.1. The Morgan fingerprint density at radius 1 is 1.12 bits per heavy atom. The van der Waals surface area contributed by atoms with Crippen LogP contribution in [0.3, 0.4) is 0 Å². The van der Waals surface area contributed by atoms with Crippen molar-refractivity contribution in [3.63, 3.8) is 0 Å². The Hall–Kier alpha value is -3.62.